The molecule has 0 aromatic heterocycles. The van der Waals surface area contributed by atoms with Crippen LogP contribution in [0.5, 0.6) is 5.75 Å². The van der Waals surface area contributed by atoms with Crippen LogP contribution in [-0.4, -0.2) is 49.1 Å². The van der Waals surface area contributed by atoms with Crippen LogP contribution in [0.15, 0.2) is 48.2 Å². The van der Waals surface area contributed by atoms with Crippen LogP contribution in [0.1, 0.15) is 19.4 Å². The van der Waals surface area contributed by atoms with Crippen LogP contribution in [-0.2, 0) is 14.3 Å². The maximum atomic E-state index is 14.5. The highest BCUT2D eigenvalue weighted by Crippen LogP contribution is 2.36. The van der Waals surface area contributed by atoms with Crippen molar-refractivity contribution in [3.8, 4) is 5.75 Å². The van der Waals surface area contributed by atoms with Crippen molar-refractivity contribution in [1.82, 2.24) is 4.90 Å². The molecule has 2 heterocycles. The minimum Gasteiger partial charge on any atom is -0.491 e. The fraction of sp³-hybridized carbons (Fsp3) is 0.304. The summed E-state index contributed by atoms with van der Waals surface area (Å²) in [5.74, 6) is -2.36. The molecule has 2 aliphatic rings. The van der Waals surface area contributed by atoms with Crippen LogP contribution in [0.4, 0.5) is 14.5 Å². The van der Waals surface area contributed by atoms with E-state index in [4.69, 9.17) is 9.47 Å². The Labute approximate surface area is 178 Å². The number of imide groups is 1. The standard InChI is InChI=1S/C23H22F2N2O4/c1-14(2)31-17-6-3-15(4-7-17)20-21(26-9-11-30-12-10-26)23(29)27(22(20)28)19-13-16(24)5-8-18(19)25/h3-8,13-14H,9-12H2,1-2H3. The summed E-state index contributed by atoms with van der Waals surface area (Å²) in [6, 6.07) is 9.48. The number of rotatable bonds is 5. The van der Waals surface area contributed by atoms with Gasteiger partial charge in [-0.05, 0) is 43.7 Å². The van der Waals surface area contributed by atoms with Crippen LogP contribution in [0, 0.1) is 11.6 Å². The fourth-order valence-electron chi connectivity index (χ4n) is 3.71. The van der Waals surface area contributed by atoms with Gasteiger partial charge in [-0.25, -0.2) is 13.7 Å². The number of hydrogen-bond donors (Lipinski definition) is 0. The van der Waals surface area contributed by atoms with Crippen molar-refractivity contribution in [2.75, 3.05) is 31.2 Å². The van der Waals surface area contributed by atoms with Gasteiger partial charge in [-0.3, -0.25) is 9.59 Å². The van der Waals surface area contributed by atoms with E-state index in [1.165, 1.54) is 0 Å². The Balaban J connectivity index is 1.79. The molecule has 2 aliphatic heterocycles. The van der Waals surface area contributed by atoms with Gasteiger partial charge in [0.25, 0.3) is 11.8 Å². The van der Waals surface area contributed by atoms with Crippen LogP contribution in [0.2, 0.25) is 0 Å². The van der Waals surface area contributed by atoms with Gasteiger partial charge in [-0.2, -0.15) is 0 Å². The number of halogens is 2. The van der Waals surface area contributed by atoms with E-state index < -0.39 is 29.1 Å². The van der Waals surface area contributed by atoms with Gasteiger partial charge in [0.15, 0.2) is 0 Å². The Morgan fingerprint density at radius 1 is 0.968 bits per heavy atom. The van der Waals surface area contributed by atoms with Gasteiger partial charge in [-0.1, -0.05) is 12.1 Å². The number of ether oxygens (including phenoxy) is 2. The van der Waals surface area contributed by atoms with Gasteiger partial charge >= 0.3 is 0 Å². The summed E-state index contributed by atoms with van der Waals surface area (Å²) in [7, 11) is 0. The molecule has 0 aliphatic carbocycles. The van der Waals surface area contributed by atoms with Gasteiger partial charge in [0.1, 0.15) is 23.1 Å². The largest absolute Gasteiger partial charge is 0.491 e. The number of hydrogen-bond acceptors (Lipinski definition) is 5. The first-order valence-electron chi connectivity index (χ1n) is 10.0. The van der Waals surface area contributed by atoms with E-state index >= 15 is 0 Å². The number of anilines is 1. The third kappa shape index (κ3) is 4.03. The molecule has 1 fully saturated rings. The lowest BCUT2D eigenvalue weighted by Crippen LogP contribution is -2.40. The normalized spacial score (nSPS) is 17.2. The molecule has 2 aromatic rings. The van der Waals surface area contributed by atoms with E-state index in [2.05, 4.69) is 0 Å². The first-order chi connectivity index (χ1) is 14.9. The Morgan fingerprint density at radius 2 is 1.65 bits per heavy atom. The predicted octanol–water partition coefficient (Wildman–Crippen LogP) is 3.37. The van der Waals surface area contributed by atoms with Gasteiger partial charge in [0, 0.05) is 19.2 Å². The maximum absolute atomic E-state index is 14.5. The number of carbonyl (C=O) groups excluding carboxylic acids is 2. The molecular formula is C23H22F2N2O4. The van der Waals surface area contributed by atoms with E-state index in [9.17, 15) is 18.4 Å². The van der Waals surface area contributed by atoms with Crippen molar-refractivity contribution in [2.24, 2.45) is 0 Å². The lowest BCUT2D eigenvalue weighted by Gasteiger charge is -2.29. The fourth-order valence-corrected chi connectivity index (χ4v) is 3.71. The first-order valence-corrected chi connectivity index (χ1v) is 10.0. The zero-order chi connectivity index (χ0) is 22.1. The summed E-state index contributed by atoms with van der Waals surface area (Å²) in [6.45, 7) is 5.41. The molecule has 4 rings (SSSR count). The van der Waals surface area contributed by atoms with Gasteiger partial charge in [0.2, 0.25) is 0 Å². The zero-order valence-corrected chi connectivity index (χ0v) is 17.2. The zero-order valence-electron chi connectivity index (χ0n) is 17.2. The van der Waals surface area contributed by atoms with E-state index in [1.54, 1.807) is 29.2 Å². The molecule has 0 unspecified atom stereocenters. The third-order valence-electron chi connectivity index (χ3n) is 5.05. The number of nitrogens with zero attached hydrogens (tertiary/aromatic N) is 2. The molecule has 6 nitrogen and oxygen atoms in total. The molecule has 0 radical (unpaired) electrons. The predicted molar refractivity (Wildman–Crippen MR) is 110 cm³/mol. The van der Waals surface area contributed by atoms with Gasteiger partial charge < -0.3 is 14.4 Å². The topological polar surface area (TPSA) is 59.1 Å². The molecule has 0 atom stereocenters. The Hall–Kier alpha value is -3.26. The summed E-state index contributed by atoms with van der Waals surface area (Å²) in [5.41, 5.74) is 0.395. The van der Waals surface area contributed by atoms with Crippen molar-refractivity contribution in [2.45, 2.75) is 20.0 Å². The molecule has 0 spiro atoms. The summed E-state index contributed by atoms with van der Waals surface area (Å²) in [4.78, 5) is 29.2. The molecule has 0 saturated carbocycles. The monoisotopic (exact) mass is 428 g/mol. The summed E-state index contributed by atoms with van der Waals surface area (Å²) in [5, 5.41) is 0. The van der Waals surface area contributed by atoms with Crippen LogP contribution in [0.25, 0.3) is 5.57 Å². The molecule has 8 heteroatoms. The number of benzene rings is 2. The highest BCUT2D eigenvalue weighted by atomic mass is 19.1. The van der Waals surface area contributed by atoms with E-state index in [0.717, 1.165) is 18.2 Å². The maximum Gasteiger partial charge on any atom is 0.282 e. The summed E-state index contributed by atoms with van der Waals surface area (Å²) < 4.78 is 39.3. The van der Waals surface area contributed by atoms with Crippen molar-refractivity contribution < 1.29 is 27.8 Å². The number of morpholine rings is 1. The molecule has 2 aromatic carbocycles. The molecule has 162 valence electrons. The highest BCUT2D eigenvalue weighted by molar-refractivity contribution is 6.45. The quantitative estimate of drug-likeness (QED) is 0.684. The summed E-state index contributed by atoms with van der Waals surface area (Å²) >= 11 is 0. The Kier molecular flexibility index (Phi) is 5.73. The number of carbonyl (C=O) groups is 2. The van der Waals surface area contributed by atoms with Crippen molar-refractivity contribution in [3.63, 3.8) is 0 Å². The second kappa shape index (κ2) is 8.47. The minimum absolute atomic E-state index is 0.0184. The van der Waals surface area contributed by atoms with Crippen LogP contribution >= 0.6 is 0 Å². The van der Waals surface area contributed by atoms with Crippen molar-refractivity contribution in [3.05, 3.63) is 65.4 Å². The third-order valence-corrected chi connectivity index (χ3v) is 5.05. The summed E-state index contributed by atoms with van der Waals surface area (Å²) in [6.07, 6.45) is -0.0184. The van der Waals surface area contributed by atoms with Crippen LogP contribution < -0.4 is 9.64 Å². The SMILES string of the molecule is CC(C)Oc1ccc(C2=C(N3CCOCC3)C(=O)N(c3cc(F)ccc3F)C2=O)cc1. The minimum atomic E-state index is -0.855. The van der Waals surface area contributed by atoms with Crippen LogP contribution in [0.3, 0.4) is 0 Å². The lowest BCUT2D eigenvalue weighted by molar-refractivity contribution is -0.121. The smallest absolute Gasteiger partial charge is 0.282 e. The molecule has 0 N–H and O–H groups in total. The average Bonchev–Trinajstić information content (AvgIpc) is 3.01. The van der Waals surface area contributed by atoms with Crippen molar-refractivity contribution in [1.29, 1.82) is 0 Å². The highest BCUT2D eigenvalue weighted by Gasteiger charge is 2.43. The lowest BCUT2D eigenvalue weighted by atomic mass is 10.0. The molecule has 2 amide bonds. The molecular weight excluding hydrogens is 406 g/mol. The second-order valence-corrected chi connectivity index (χ2v) is 7.56. The average molecular weight is 428 g/mol. The Morgan fingerprint density at radius 3 is 2.29 bits per heavy atom. The first kappa shape index (κ1) is 21.0. The van der Waals surface area contributed by atoms with E-state index in [1.807, 2.05) is 13.8 Å². The molecule has 31 heavy (non-hydrogen) atoms. The van der Waals surface area contributed by atoms with Gasteiger partial charge in [-0.15, -0.1) is 0 Å². The second-order valence-electron chi connectivity index (χ2n) is 7.56. The van der Waals surface area contributed by atoms with Crippen molar-refractivity contribution >= 4 is 23.1 Å². The van der Waals surface area contributed by atoms with E-state index in [0.29, 0.717) is 42.5 Å². The number of amides is 2. The van der Waals surface area contributed by atoms with E-state index in [-0.39, 0.29) is 17.4 Å². The molecule has 1 saturated heterocycles. The Bertz CT molecular complexity index is 1040. The van der Waals surface area contributed by atoms with Gasteiger partial charge in [0.05, 0.1) is 30.6 Å². The molecule has 0 bridgehead atoms.